The Morgan fingerprint density at radius 2 is 0.739 bits per heavy atom. The lowest BCUT2D eigenvalue weighted by Crippen LogP contribution is -2.31. The molecule has 0 aromatic heterocycles. The summed E-state index contributed by atoms with van der Waals surface area (Å²) in [4.78, 5) is 0. The van der Waals surface area contributed by atoms with Gasteiger partial charge in [0.1, 0.15) is 0 Å². The summed E-state index contributed by atoms with van der Waals surface area (Å²) in [6, 6.07) is 0. The SMILES string of the molecule is CC12C3C4=C(CC=CC4)C1C1=C(CC=CC1)C2C1=C3CC=CC1. The van der Waals surface area contributed by atoms with Crippen LogP contribution in [0.5, 0.6) is 0 Å². The zero-order chi connectivity index (χ0) is 15.2. The highest BCUT2D eigenvalue weighted by molar-refractivity contribution is 5.61. The fraction of sp³-hybridized carbons (Fsp3) is 0.478. The minimum atomic E-state index is 0.448. The quantitative estimate of drug-likeness (QED) is 0.494. The second kappa shape index (κ2) is 4.09. The summed E-state index contributed by atoms with van der Waals surface area (Å²) in [6.07, 6.45) is 21.9. The molecule has 0 atom stereocenters. The molecule has 0 N–H and O–H groups in total. The molecule has 0 nitrogen and oxygen atoms in total. The van der Waals surface area contributed by atoms with Crippen molar-refractivity contribution in [2.24, 2.45) is 23.2 Å². The Morgan fingerprint density at radius 1 is 0.522 bits per heavy atom. The third kappa shape index (κ3) is 1.29. The first kappa shape index (κ1) is 12.8. The fourth-order valence-electron chi connectivity index (χ4n) is 7.25. The van der Waals surface area contributed by atoms with Crippen LogP contribution in [0.1, 0.15) is 45.4 Å². The standard InChI is InChI=1S/C23H24/c1-23-20-14-8-2-3-9-15(14)21(23)18-12-6-7-13-19(18)22(23)17-11-5-4-10-16(17)20/h2-7,20-22H,8-13H2,1H3. The lowest BCUT2D eigenvalue weighted by molar-refractivity contribution is 0.201. The second-order valence-corrected chi connectivity index (χ2v) is 8.46. The predicted octanol–water partition coefficient (Wildman–Crippen LogP) is 5.82. The van der Waals surface area contributed by atoms with Gasteiger partial charge < -0.3 is 0 Å². The molecule has 0 unspecified atom stereocenters. The zero-order valence-electron chi connectivity index (χ0n) is 13.9. The molecule has 0 aliphatic heterocycles. The van der Waals surface area contributed by atoms with Crippen molar-refractivity contribution in [1.29, 1.82) is 0 Å². The van der Waals surface area contributed by atoms with Crippen LogP contribution in [0.2, 0.25) is 0 Å². The van der Waals surface area contributed by atoms with E-state index in [-0.39, 0.29) is 0 Å². The van der Waals surface area contributed by atoms with Crippen LogP contribution in [0.25, 0.3) is 0 Å². The summed E-state index contributed by atoms with van der Waals surface area (Å²) in [5, 5.41) is 0. The van der Waals surface area contributed by atoms with Crippen molar-refractivity contribution in [1.82, 2.24) is 0 Å². The molecule has 0 heterocycles. The highest BCUT2D eigenvalue weighted by atomic mass is 14.7. The van der Waals surface area contributed by atoms with Gasteiger partial charge in [-0.2, -0.15) is 0 Å². The topological polar surface area (TPSA) is 0 Å². The molecule has 0 spiro atoms. The zero-order valence-corrected chi connectivity index (χ0v) is 13.9. The van der Waals surface area contributed by atoms with Crippen molar-refractivity contribution >= 4 is 0 Å². The molecule has 0 fully saturated rings. The monoisotopic (exact) mass is 300 g/mol. The first-order chi connectivity index (χ1) is 11.3. The summed E-state index contributed by atoms with van der Waals surface area (Å²) >= 11 is 0. The van der Waals surface area contributed by atoms with Gasteiger partial charge in [-0.15, -0.1) is 0 Å². The van der Waals surface area contributed by atoms with Gasteiger partial charge in [-0.1, -0.05) is 76.8 Å². The van der Waals surface area contributed by atoms with Crippen LogP contribution in [0.4, 0.5) is 0 Å². The molecule has 0 aromatic carbocycles. The van der Waals surface area contributed by atoms with Crippen molar-refractivity contribution in [3.63, 3.8) is 0 Å². The number of allylic oxidation sites excluding steroid dienone is 12. The lowest BCUT2D eigenvalue weighted by Gasteiger charge is -2.35. The molecule has 6 rings (SSSR count). The summed E-state index contributed by atoms with van der Waals surface area (Å²) in [6.45, 7) is 2.65. The van der Waals surface area contributed by atoms with Gasteiger partial charge in [-0.05, 0) is 43.9 Å². The molecule has 23 heavy (non-hydrogen) atoms. The molecular weight excluding hydrogens is 276 g/mol. The van der Waals surface area contributed by atoms with Gasteiger partial charge in [0.15, 0.2) is 0 Å². The Morgan fingerprint density at radius 3 is 0.957 bits per heavy atom. The van der Waals surface area contributed by atoms with Gasteiger partial charge in [0, 0.05) is 17.8 Å². The Hall–Kier alpha value is -1.56. The Balaban J connectivity index is 1.64. The maximum absolute atomic E-state index is 2.65. The normalized spacial score (nSPS) is 42.4. The maximum atomic E-state index is 2.65. The molecule has 0 bridgehead atoms. The average Bonchev–Trinajstić information content (AvgIpc) is 3.11. The summed E-state index contributed by atoms with van der Waals surface area (Å²) in [5.74, 6) is 2.26. The first-order valence-electron chi connectivity index (χ1n) is 9.42. The van der Waals surface area contributed by atoms with Gasteiger partial charge in [0.2, 0.25) is 0 Å². The van der Waals surface area contributed by atoms with E-state index < -0.39 is 0 Å². The summed E-state index contributed by atoms with van der Waals surface area (Å²) < 4.78 is 0. The minimum absolute atomic E-state index is 0.448. The number of hydrogen-bond donors (Lipinski definition) is 0. The van der Waals surface area contributed by atoms with Gasteiger partial charge in [0.25, 0.3) is 0 Å². The Labute approximate surface area is 139 Å². The molecule has 0 aromatic rings. The average molecular weight is 300 g/mol. The minimum Gasteiger partial charge on any atom is -0.0841 e. The van der Waals surface area contributed by atoms with Crippen molar-refractivity contribution in [2.75, 3.05) is 0 Å². The van der Waals surface area contributed by atoms with E-state index in [1.807, 2.05) is 33.4 Å². The first-order valence-corrected chi connectivity index (χ1v) is 9.42. The van der Waals surface area contributed by atoms with E-state index >= 15 is 0 Å². The number of hydrogen-bond acceptors (Lipinski definition) is 0. The van der Waals surface area contributed by atoms with Crippen molar-refractivity contribution in [2.45, 2.75) is 45.4 Å². The highest BCUT2D eigenvalue weighted by Gasteiger charge is 2.65. The van der Waals surface area contributed by atoms with Crippen LogP contribution < -0.4 is 0 Å². The van der Waals surface area contributed by atoms with E-state index in [1.54, 1.807) is 0 Å². The van der Waals surface area contributed by atoms with Crippen LogP contribution >= 0.6 is 0 Å². The summed E-state index contributed by atoms with van der Waals surface area (Å²) in [5.41, 5.74) is 11.4. The van der Waals surface area contributed by atoms with Crippen molar-refractivity contribution < 1.29 is 0 Å². The largest absolute Gasteiger partial charge is 0.0841 e. The lowest BCUT2D eigenvalue weighted by atomic mass is 9.67. The van der Waals surface area contributed by atoms with Gasteiger partial charge >= 0.3 is 0 Å². The van der Waals surface area contributed by atoms with E-state index in [0.29, 0.717) is 5.41 Å². The third-order valence-electron chi connectivity index (χ3n) is 7.72. The fourth-order valence-corrected chi connectivity index (χ4v) is 7.25. The second-order valence-electron chi connectivity index (χ2n) is 8.46. The van der Waals surface area contributed by atoms with Crippen LogP contribution in [-0.2, 0) is 0 Å². The molecule has 6 aliphatic rings. The van der Waals surface area contributed by atoms with E-state index in [2.05, 4.69) is 43.4 Å². The van der Waals surface area contributed by atoms with Crippen LogP contribution in [0, 0.1) is 23.2 Å². The van der Waals surface area contributed by atoms with Gasteiger partial charge in [0.05, 0.1) is 0 Å². The molecule has 0 amide bonds. The predicted molar refractivity (Wildman–Crippen MR) is 94.8 cm³/mol. The molecule has 0 radical (unpaired) electrons. The Bertz CT molecular complexity index is 644. The van der Waals surface area contributed by atoms with Crippen molar-refractivity contribution in [3.8, 4) is 0 Å². The van der Waals surface area contributed by atoms with Crippen molar-refractivity contribution in [3.05, 3.63) is 69.9 Å². The van der Waals surface area contributed by atoms with Crippen LogP contribution in [0.15, 0.2) is 69.9 Å². The molecule has 116 valence electrons. The molecule has 6 aliphatic carbocycles. The molecule has 0 heteroatoms. The van der Waals surface area contributed by atoms with E-state index in [9.17, 15) is 0 Å². The highest BCUT2D eigenvalue weighted by Crippen LogP contribution is 2.74. The van der Waals surface area contributed by atoms with Gasteiger partial charge in [-0.25, -0.2) is 0 Å². The number of rotatable bonds is 0. The smallest absolute Gasteiger partial charge is 0.00907 e. The van der Waals surface area contributed by atoms with E-state index in [0.717, 1.165) is 17.8 Å². The van der Waals surface area contributed by atoms with Gasteiger partial charge in [-0.3, -0.25) is 0 Å². The third-order valence-corrected chi connectivity index (χ3v) is 7.72. The van der Waals surface area contributed by atoms with Crippen LogP contribution in [0.3, 0.4) is 0 Å². The molecular formula is C23H24. The van der Waals surface area contributed by atoms with E-state index in [4.69, 9.17) is 0 Å². The Kier molecular flexibility index (Phi) is 2.28. The van der Waals surface area contributed by atoms with E-state index in [1.165, 1.54) is 38.5 Å². The molecule has 0 saturated carbocycles. The molecule has 0 saturated heterocycles. The summed E-state index contributed by atoms with van der Waals surface area (Å²) in [7, 11) is 0. The van der Waals surface area contributed by atoms with Crippen LogP contribution in [-0.4, -0.2) is 0 Å². The maximum Gasteiger partial charge on any atom is 0.00907 e. The number of fused-ring (bicyclic) bond motifs is 6.